The molecule has 0 radical (unpaired) electrons. The zero-order valence-electron chi connectivity index (χ0n) is 16.0. The van der Waals surface area contributed by atoms with Crippen LogP contribution >= 0.6 is 11.3 Å². The fourth-order valence-corrected chi connectivity index (χ4v) is 5.00. The standard InChI is InChI=1S/C17H20F3N3O4S2/c1-10-14(21-27-15(10)17(18,19)20)12-6-7-13(28-12)16(24)23-8-4-5-11(9-23)22(2)29(3,25)26/h6-7,11H,4-5,8-9H2,1-3H3/t11-/m0/s1. The minimum Gasteiger partial charge on any atom is -0.351 e. The third-order valence-electron chi connectivity index (χ3n) is 4.95. The lowest BCUT2D eigenvalue weighted by Crippen LogP contribution is -2.49. The Morgan fingerprint density at radius 3 is 2.66 bits per heavy atom. The molecular formula is C17H20F3N3O4S2. The minimum atomic E-state index is -4.64. The highest BCUT2D eigenvalue weighted by molar-refractivity contribution is 7.88. The molecule has 1 aliphatic heterocycles. The Bertz CT molecular complexity index is 1010. The second-order valence-corrected chi connectivity index (χ2v) is 10.1. The Balaban J connectivity index is 1.79. The van der Waals surface area contributed by atoms with Crippen molar-refractivity contribution in [1.29, 1.82) is 0 Å². The second kappa shape index (κ2) is 7.73. The first kappa shape index (κ1) is 21.8. The van der Waals surface area contributed by atoms with E-state index < -0.39 is 22.0 Å². The summed E-state index contributed by atoms with van der Waals surface area (Å²) < 4.78 is 68.0. The minimum absolute atomic E-state index is 0.0507. The predicted octanol–water partition coefficient (Wildman–Crippen LogP) is 3.23. The summed E-state index contributed by atoms with van der Waals surface area (Å²) in [5.74, 6) is -1.44. The van der Waals surface area contributed by atoms with Crippen LogP contribution < -0.4 is 0 Å². The average Bonchev–Trinajstić information content (AvgIpc) is 3.25. The third-order valence-corrected chi connectivity index (χ3v) is 7.38. The van der Waals surface area contributed by atoms with Crippen molar-refractivity contribution in [2.75, 3.05) is 26.4 Å². The van der Waals surface area contributed by atoms with Crippen molar-refractivity contribution < 1.29 is 30.9 Å². The van der Waals surface area contributed by atoms with E-state index in [1.807, 2.05) is 0 Å². The van der Waals surface area contributed by atoms with Crippen LogP contribution in [0.3, 0.4) is 0 Å². The first-order valence-corrected chi connectivity index (χ1v) is 11.4. The van der Waals surface area contributed by atoms with E-state index in [4.69, 9.17) is 0 Å². The van der Waals surface area contributed by atoms with Crippen LogP contribution in [-0.4, -0.2) is 61.1 Å². The molecule has 160 valence electrons. The number of halogens is 3. The van der Waals surface area contributed by atoms with Gasteiger partial charge in [-0.1, -0.05) is 5.16 Å². The lowest BCUT2D eigenvalue weighted by molar-refractivity contribution is -0.156. The number of aromatic nitrogens is 1. The number of carbonyl (C=O) groups is 1. The van der Waals surface area contributed by atoms with E-state index in [1.165, 1.54) is 30.4 Å². The molecule has 2 aromatic heterocycles. The summed E-state index contributed by atoms with van der Waals surface area (Å²) in [5.41, 5.74) is -0.0825. The Kier molecular flexibility index (Phi) is 5.80. The lowest BCUT2D eigenvalue weighted by Gasteiger charge is -2.36. The van der Waals surface area contributed by atoms with E-state index in [0.717, 1.165) is 17.6 Å². The normalized spacial score (nSPS) is 18.4. The molecule has 0 N–H and O–H groups in total. The fraction of sp³-hybridized carbons (Fsp3) is 0.529. The summed E-state index contributed by atoms with van der Waals surface area (Å²) in [6.07, 6.45) is -2.21. The molecule has 0 aromatic carbocycles. The van der Waals surface area contributed by atoms with Gasteiger partial charge in [0.15, 0.2) is 0 Å². The van der Waals surface area contributed by atoms with Crippen molar-refractivity contribution in [3.05, 3.63) is 28.3 Å². The largest absolute Gasteiger partial charge is 0.452 e. The van der Waals surface area contributed by atoms with Gasteiger partial charge < -0.3 is 9.42 Å². The van der Waals surface area contributed by atoms with E-state index in [2.05, 4.69) is 9.68 Å². The van der Waals surface area contributed by atoms with Gasteiger partial charge in [-0.15, -0.1) is 11.3 Å². The molecule has 7 nitrogen and oxygen atoms in total. The molecule has 29 heavy (non-hydrogen) atoms. The SMILES string of the molecule is Cc1c(-c2ccc(C(=O)N3CCC[C@H](N(C)S(C)(=O)=O)C3)s2)noc1C(F)(F)F. The van der Waals surface area contributed by atoms with Crippen molar-refractivity contribution >= 4 is 27.3 Å². The number of piperidine rings is 1. The van der Waals surface area contributed by atoms with Gasteiger partial charge in [-0.2, -0.15) is 13.2 Å². The lowest BCUT2D eigenvalue weighted by atomic mass is 10.1. The maximum Gasteiger partial charge on any atom is 0.452 e. The quantitative estimate of drug-likeness (QED) is 0.713. The van der Waals surface area contributed by atoms with Gasteiger partial charge in [0, 0.05) is 31.7 Å². The maximum atomic E-state index is 12.9. The molecule has 0 unspecified atom stereocenters. The predicted molar refractivity (Wildman–Crippen MR) is 101 cm³/mol. The number of carbonyl (C=O) groups excluding carboxylic acids is 1. The van der Waals surface area contributed by atoms with Crippen LogP contribution in [0.4, 0.5) is 13.2 Å². The molecule has 1 atom stereocenters. The van der Waals surface area contributed by atoms with Crippen LogP contribution in [0.5, 0.6) is 0 Å². The summed E-state index contributed by atoms with van der Waals surface area (Å²) in [4.78, 5) is 15.2. The Hall–Kier alpha value is -1.92. The zero-order chi connectivity index (χ0) is 21.6. The number of hydrogen-bond acceptors (Lipinski definition) is 6. The molecule has 12 heteroatoms. The first-order chi connectivity index (χ1) is 13.4. The Morgan fingerprint density at radius 2 is 2.07 bits per heavy atom. The van der Waals surface area contributed by atoms with Crippen molar-refractivity contribution in [1.82, 2.24) is 14.4 Å². The van der Waals surface area contributed by atoms with Gasteiger partial charge in [0.25, 0.3) is 5.91 Å². The summed E-state index contributed by atoms with van der Waals surface area (Å²) in [5, 5.41) is 3.52. The molecule has 1 saturated heterocycles. The van der Waals surface area contributed by atoms with Gasteiger partial charge >= 0.3 is 6.18 Å². The maximum absolute atomic E-state index is 12.9. The highest BCUT2D eigenvalue weighted by Crippen LogP contribution is 2.38. The van der Waals surface area contributed by atoms with E-state index in [1.54, 1.807) is 4.90 Å². The van der Waals surface area contributed by atoms with Gasteiger partial charge in [-0.25, -0.2) is 12.7 Å². The molecule has 1 fully saturated rings. The van der Waals surface area contributed by atoms with Gasteiger partial charge in [0.05, 0.1) is 16.0 Å². The van der Waals surface area contributed by atoms with Gasteiger partial charge in [0.1, 0.15) is 5.69 Å². The molecule has 0 bridgehead atoms. The molecule has 3 rings (SSSR count). The molecule has 0 saturated carbocycles. The number of likely N-dealkylation sites (tertiary alicyclic amines) is 1. The zero-order valence-corrected chi connectivity index (χ0v) is 17.6. The number of hydrogen-bond donors (Lipinski definition) is 0. The number of nitrogens with zero attached hydrogens (tertiary/aromatic N) is 3. The van der Waals surface area contributed by atoms with Crippen LogP contribution in [0.2, 0.25) is 0 Å². The van der Waals surface area contributed by atoms with Crippen LogP contribution in [0.25, 0.3) is 10.6 Å². The number of thiophene rings is 1. The van der Waals surface area contributed by atoms with Crippen molar-refractivity contribution in [2.24, 2.45) is 0 Å². The van der Waals surface area contributed by atoms with Gasteiger partial charge in [-0.3, -0.25) is 4.79 Å². The van der Waals surface area contributed by atoms with Crippen LogP contribution in [0.15, 0.2) is 16.7 Å². The molecule has 0 aliphatic carbocycles. The summed E-state index contributed by atoms with van der Waals surface area (Å²) in [6.45, 7) is 2.02. The fourth-order valence-electron chi connectivity index (χ4n) is 3.27. The van der Waals surface area contributed by atoms with Crippen LogP contribution in [-0.2, 0) is 16.2 Å². The highest BCUT2D eigenvalue weighted by Gasteiger charge is 2.39. The summed E-state index contributed by atoms with van der Waals surface area (Å²) in [6, 6.07) is 2.76. The summed E-state index contributed by atoms with van der Waals surface area (Å²) >= 11 is 1.03. The number of sulfonamides is 1. The van der Waals surface area contributed by atoms with Crippen LogP contribution in [0, 0.1) is 6.92 Å². The van der Waals surface area contributed by atoms with E-state index in [0.29, 0.717) is 29.1 Å². The van der Waals surface area contributed by atoms with Gasteiger partial charge in [-0.05, 0) is 31.9 Å². The molecule has 3 heterocycles. The molecule has 0 spiro atoms. The number of likely N-dealkylation sites (N-methyl/N-ethyl adjacent to an activating group) is 1. The van der Waals surface area contributed by atoms with Crippen LogP contribution in [0.1, 0.15) is 33.8 Å². The second-order valence-electron chi connectivity index (χ2n) is 6.97. The van der Waals surface area contributed by atoms with E-state index in [9.17, 15) is 26.4 Å². The Morgan fingerprint density at radius 1 is 1.38 bits per heavy atom. The van der Waals surface area contributed by atoms with Crippen molar-refractivity contribution in [2.45, 2.75) is 32.0 Å². The van der Waals surface area contributed by atoms with Crippen molar-refractivity contribution in [3.8, 4) is 10.6 Å². The van der Waals surface area contributed by atoms with Crippen molar-refractivity contribution in [3.63, 3.8) is 0 Å². The molecule has 1 amide bonds. The van der Waals surface area contributed by atoms with Gasteiger partial charge in [0.2, 0.25) is 15.8 Å². The average molecular weight is 451 g/mol. The van der Waals surface area contributed by atoms with E-state index >= 15 is 0 Å². The topological polar surface area (TPSA) is 83.7 Å². The Labute approximate surface area is 170 Å². The number of alkyl halides is 3. The highest BCUT2D eigenvalue weighted by atomic mass is 32.2. The molecule has 1 aliphatic rings. The number of rotatable bonds is 4. The smallest absolute Gasteiger partial charge is 0.351 e. The summed E-state index contributed by atoms with van der Waals surface area (Å²) in [7, 11) is -1.89. The third kappa shape index (κ3) is 4.48. The monoisotopic (exact) mass is 451 g/mol. The molecule has 2 aromatic rings. The molecular weight excluding hydrogens is 431 g/mol. The van der Waals surface area contributed by atoms with E-state index in [-0.39, 0.29) is 29.8 Å². The number of amides is 1. The first-order valence-electron chi connectivity index (χ1n) is 8.75.